The summed E-state index contributed by atoms with van der Waals surface area (Å²) in [6, 6.07) is 4.95. The van der Waals surface area contributed by atoms with Crippen LogP contribution in [-0.4, -0.2) is 27.0 Å². The zero-order valence-electron chi connectivity index (χ0n) is 13.2. The van der Waals surface area contributed by atoms with Crippen LogP contribution in [0.1, 0.15) is 43.8 Å². The quantitative estimate of drug-likeness (QED) is 0.814. The van der Waals surface area contributed by atoms with Crippen LogP contribution in [0.5, 0.6) is 0 Å². The van der Waals surface area contributed by atoms with Gasteiger partial charge >= 0.3 is 0 Å². The van der Waals surface area contributed by atoms with Crippen LogP contribution >= 0.6 is 11.3 Å². The molecule has 0 saturated carbocycles. The fourth-order valence-electron chi connectivity index (χ4n) is 2.70. The molecule has 2 rings (SSSR count). The van der Waals surface area contributed by atoms with E-state index in [4.69, 9.17) is 5.73 Å². The molecule has 21 heavy (non-hydrogen) atoms. The third-order valence-corrected chi connectivity index (χ3v) is 4.62. The normalized spacial score (nSPS) is 13.2. The lowest BCUT2D eigenvalue weighted by Gasteiger charge is -2.34. The van der Waals surface area contributed by atoms with Gasteiger partial charge in [0.05, 0.1) is 18.1 Å². The molecule has 0 bridgehead atoms. The molecule has 4 nitrogen and oxygen atoms in total. The summed E-state index contributed by atoms with van der Waals surface area (Å²) in [4.78, 5) is 8.18. The molecule has 1 atom stereocenters. The van der Waals surface area contributed by atoms with Crippen molar-refractivity contribution in [3.63, 3.8) is 0 Å². The zero-order valence-corrected chi connectivity index (χ0v) is 14.0. The summed E-state index contributed by atoms with van der Waals surface area (Å²) < 4.78 is 2.24. The SMILES string of the molecule is CCCn1cncc1C(CN)N(Cc1cccs1)C(C)C. The minimum Gasteiger partial charge on any atom is -0.333 e. The van der Waals surface area contributed by atoms with Gasteiger partial charge in [-0.25, -0.2) is 4.98 Å². The lowest BCUT2D eigenvalue weighted by molar-refractivity contribution is 0.143. The van der Waals surface area contributed by atoms with Crippen LogP contribution in [-0.2, 0) is 13.1 Å². The molecule has 0 amide bonds. The van der Waals surface area contributed by atoms with Crippen molar-refractivity contribution in [3.8, 4) is 0 Å². The van der Waals surface area contributed by atoms with Gasteiger partial charge in [0.15, 0.2) is 0 Å². The van der Waals surface area contributed by atoms with Crippen LogP contribution in [0.2, 0.25) is 0 Å². The summed E-state index contributed by atoms with van der Waals surface area (Å²) in [5.41, 5.74) is 7.34. The molecule has 0 fully saturated rings. The molecule has 2 heterocycles. The molecule has 0 spiro atoms. The topological polar surface area (TPSA) is 47.1 Å². The summed E-state index contributed by atoms with van der Waals surface area (Å²) in [6.45, 7) is 9.20. The third-order valence-electron chi connectivity index (χ3n) is 3.76. The molecule has 1 unspecified atom stereocenters. The highest BCUT2D eigenvalue weighted by Gasteiger charge is 2.24. The maximum Gasteiger partial charge on any atom is 0.0948 e. The Bertz CT molecular complexity index is 518. The Balaban J connectivity index is 2.24. The van der Waals surface area contributed by atoms with Gasteiger partial charge in [-0.1, -0.05) is 13.0 Å². The first-order chi connectivity index (χ1) is 10.2. The van der Waals surface area contributed by atoms with Crippen molar-refractivity contribution in [1.82, 2.24) is 14.5 Å². The van der Waals surface area contributed by atoms with E-state index in [0.717, 1.165) is 19.5 Å². The summed E-state index contributed by atoms with van der Waals surface area (Å²) in [5.74, 6) is 0. The Morgan fingerprint density at radius 3 is 2.81 bits per heavy atom. The van der Waals surface area contributed by atoms with Crippen molar-refractivity contribution < 1.29 is 0 Å². The molecule has 0 aliphatic rings. The van der Waals surface area contributed by atoms with E-state index in [1.807, 2.05) is 12.5 Å². The maximum atomic E-state index is 6.12. The summed E-state index contributed by atoms with van der Waals surface area (Å²) >= 11 is 1.80. The van der Waals surface area contributed by atoms with E-state index in [9.17, 15) is 0 Å². The Morgan fingerprint density at radius 1 is 1.43 bits per heavy atom. The number of nitrogens with zero attached hydrogens (tertiary/aromatic N) is 3. The summed E-state index contributed by atoms with van der Waals surface area (Å²) in [7, 11) is 0. The first-order valence-electron chi connectivity index (χ1n) is 7.65. The van der Waals surface area contributed by atoms with Crippen LogP contribution in [0.25, 0.3) is 0 Å². The van der Waals surface area contributed by atoms with Gasteiger partial charge in [0.1, 0.15) is 0 Å². The second-order valence-corrected chi connectivity index (χ2v) is 6.64. The molecule has 0 aromatic carbocycles. The average Bonchev–Trinajstić information content (AvgIpc) is 3.11. The van der Waals surface area contributed by atoms with E-state index in [-0.39, 0.29) is 6.04 Å². The number of hydrogen-bond donors (Lipinski definition) is 1. The van der Waals surface area contributed by atoms with Gasteiger partial charge in [0.2, 0.25) is 0 Å². The largest absolute Gasteiger partial charge is 0.333 e. The van der Waals surface area contributed by atoms with Crippen molar-refractivity contribution in [2.75, 3.05) is 6.54 Å². The van der Waals surface area contributed by atoms with Gasteiger partial charge in [-0.3, -0.25) is 4.90 Å². The van der Waals surface area contributed by atoms with Crippen LogP contribution in [0.3, 0.4) is 0 Å². The van der Waals surface area contributed by atoms with E-state index in [1.54, 1.807) is 11.3 Å². The number of aromatic nitrogens is 2. The van der Waals surface area contributed by atoms with Crippen LogP contribution in [0.4, 0.5) is 0 Å². The van der Waals surface area contributed by atoms with Gasteiger partial charge in [-0.15, -0.1) is 11.3 Å². The third kappa shape index (κ3) is 3.93. The molecule has 0 aliphatic heterocycles. The van der Waals surface area contributed by atoms with Crippen molar-refractivity contribution in [3.05, 3.63) is 40.6 Å². The Labute approximate surface area is 131 Å². The summed E-state index contributed by atoms with van der Waals surface area (Å²) in [6.07, 6.45) is 5.00. The average molecular weight is 306 g/mol. The number of nitrogens with two attached hydrogens (primary N) is 1. The van der Waals surface area contributed by atoms with Gasteiger partial charge < -0.3 is 10.3 Å². The van der Waals surface area contributed by atoms with Crippen LogP contribution in [0, 0.1) is 0 Å². The Morgan fingerprint density at radius 2 is 2.24 bits per heavy atom. The van der Waals surface area contributed by atoms with E-state index in [1.165, 1.54) is 10.6 Å². The number of rotatable bonds is 8. The van der Waals surface area contributed by atoms with Crippen molar-refractivity contribution in [2.24, 2.45) is 5.73 Å². The highest BCUT2D eigenvalue weighted by Crippen LogP contribution is 2.25. The van der Waals surface area contributed by atoms with Gasteiger partial charge in [-0.2, -0.15) is 0 Å². The second kappa shape index (κ2) is 7.73. The molecule has 2 aromatic rings. The van der Waals surface area contributed by atoms with Gasteiger partial charge in [-0.05, 0) is 31.7 Å². The van der Waals surface area contributed by atoms with Gasteiger partial charge in [0, 0.05) is 36.8 Å². The standard InChI is InChI=1S/C16H26N4S/c1-4-7-19-12-18-10-16(19)15(9-17)20(13(2)3)11-14-6-5-8-21-14/h5-6,8,10,12-13,15H,4,7,9,11,17H2,1-3H3. The van der Waals surface area contributed by atoms with Crippen LogP contribution < -0.4 is 5.73 Å². The Hall–Kier alpha value is -1.17. The predicted octanol–water partition coefficient (Wildman–Crippen LogP) is 3.27. The van der Waals surface area contributed by atoms with Crippen LogP contribution in [0.15, 0.2) is 30.0 Å². The molecular weight excluding hydrogens is 280 g/mol. The monoisotopic (exact) mass is 306 g/mol. The van der Waals surface area contributed by atoms with Crippen molar-refractivity contribution in [2.45, 2.75) is 52.4 Å². The number of imidazole rings is 1. The molecule has 0 radical (unpaired) electrons. The number of hydrogen-bond acceptors (Lipinski definition) is 4. The fraction of sp³-hybridized carbons (Fsp3) is 0.562. The predicted molar refractivity (Wildman–Crippen MR) is 89.3 cm³/mol. The van der Waals surface area contributed by atoms with Crippen molar-refractivity contribution >= 4 is 11.3 Å². The lowest BCUT2D eigenvalue weighted by atomic mass is 10.1. The first kappa shape index (κ1) is 16.2. The van der Waals surface area contributed by atoms with E-state index in [2.05, 4.69) is 52.7 Å². The zero-order chi connectivity index (χ0) is 15.2. The minimum atomic E-state index is 0.209. The molecule has 116 valence electrons. The molecule has 2 aromatic heterocycles. The molecular formula is C16H26N4S. The first-order valence-corrected chi connectivity index (χ1v) is 8.53. The minimum absolute atomic E-state index is 0.209. The molecule has 0 saturated heterocycles. The summed E-state index contributed by atoms with van der Waals surface area (Å²) in [5, 5.41) is 2.13. The second-order valence-electron chi connectivity index (χ2n) is 5.61. The van der Waals surface area contributed by atoms with E-state index in [0.29, 0.717) is 12.6 Å². The smallest absolute Gasteiger partial charge is 0.0948 e. The molecule has 0 aliphatic carbocycles. The molecule has 2 N–H and O–H groups in total. The Kier molecular flexibility index (Phi) is 5.96. The number of aryl methyl sites for hydroxylation is 1. The number of thiophene rings is 1. The fourth-order valence-corrected chi connectivity index (χ4v) is 3.41. The lowest BCUT2D eigenvalue weighted by Crippen LogP contribution is -2.39. The van der Waals surface area contributed by atoms with E-state index >= 15 is 0 Å². The highest BCUT2D eigenvalue weighted by molar-refractivity contribution is 7.09. The highest BCUT2D eigenvalue weighted by atomic mass is 32.1. The van der Waals surface area contributed by atoms with E-state index < -0.39 is 0 Å². The molecule has 5 heteroatoms. The maximum absolute atomic E-state index is 6.12. The van der Waals surface area contributed by atoms with Gasteiger partial charge in [0.25, 0.3) is 0 Å². The van der Waals surface area contributed by atoms with Crippen molar-refractivity contribution in [1.29, 1.82) is 0 Å².